The first-order chi connectivity index (χ1) is 9.75. The number of imide groups is 2. The zero-order valence-corrected chi connectivity index (χ0v) is 13.4. The van der Waals surface area contributed by atoms with Gasteiger partial charge in [0.15, 0.2) is 0 Å². The van der Waals surface area contributed by atoms with Crippen molar-refractivity contribution >= 4 is 17.8 Å². The van der Waals surface area contributed by atoms with Crippen LogP contribution in [0.5, 0.6) is 0 Å². The highest BCUT2D eigenvalue weighted by Crippen LogP contribution is 2.36. The van der Waals surface area contributed by atoms with Crippen LogP contribution in [0.2, 0.25) is 0 Å². The lowest BCUT2D eigenvalue weighted by atomic mass is 9.76. The van der Waals surface area contributed by atoms with Gasteiger partial charge in [0.2, 0.25) is 11.8 Å². The summed E-state index contributed by atoms with van der Waals surface area (Å²) >= 11 is 0. The van der Waals surface area contributed by atoms with Crippen molar-refractivity contribution in [3.05, 3.63) is 0 Å². The maximum absolute atomic E-state index is 12.5. The average Bonchev–Trinajstić information content (AvgIpc) is 2.76. The van der Waals surface area contributed by atoms with E-state index in [1.165, 1.54) is 14.1 Å². The van der Waals surface area contributed by atoms with Gasteiger partial charge in [0.25, 0.3) is 0 Å². The Labute approximate surface area is 125 Å². The minimum atomic E-state index is -0.744. The van der Waals surface area contributed by atoms with Crippen molar-refractivity contribution in [1.29, 1.82) is 0 Å². The molecular formula is C15H25N3O3. The molecule has 2 fully saturated rings. The summed E-state index contributed by atoms with van der Waals surface area (Å²) in [6, 6.07) is -0.395. The van der Waals surface area contributed by atoms with Gasteiger partial charge in [0.05, 0.1) is 0 Å². The maximum Gasteiger partial charge on any atom is 0.332 e. The summed E-state index contributed by atoms with van der Waals surface area (Å²) in [5.41, 5.74) is 0. The highest BCUT2D eigenvalue weighted by atomic mass is 16.2. The molecule has 118 valence electrons. The van der Waals surface area contributed by atoms with Crippen LogP contribution in [-0.2, 0) is 9.59 Å². The van der Waals surface area contributed by atoms with E-state index in [1.54, 1.807) is 0 Å². The lowest BCUT2D eigenvalue weighted by Gasteiger charge is -2.38. The van der Waals surface area contributed by atoms with Crippen molar-refractivity contribution in [3.63, 3.8) is 0 Å². The number of carbonyl (C=O) groups excluding carboxylic acids is 3. The fourth-order valence-corrected chi connectivity index (χ4v) is 3.58. The lowest BCUT2D eigenvalue weighted by Crippen LogP contribution is -2.60. The summed E-state index contributed by atoms with van der Waals surface area (Å²) in [7, 11) is 2.90. The first-order valence-corrected chi connectivity index (χ1v) is 7.58. The Bertz CT molecular complexity index is 439. The van der Waals surface area contributed by atoms with Crippen LogP contribution < -0.4 is 5.32 Å². The van der Waals surface area contributed by atoms with Crippen LogP contribution in [0.15, 0.2) is 0 Å². The minimum absolute atomic E-state index is 0.0506. The zero-order valence-electron chi connectivity index (χ0n) is 13.4. The van der Waals surface area contributed by atoms with Gasteiger partial charge in [0, 0.05) is 20.1 Å². The Kier molecular flexibility index (Phi) is 4.37. The Morgan fingerprint density at radius 2 is 1.67 bits per heavy atom. The topological polar surface area (TPSA) is 69.7 Å². The molecule has 6 nitrogen and oxygen atoms in total. The maximum atomic E-state index is 12.5. The van der Waals surface area contributed by atoms with E-state index < -0.39 is 11.9 Å². The van der Waals surface area contributed by atoms with Gasteiger partial charge in [-0.3, -0.25) is 19.4 Å². The first-order valence-electron chi connectivity index (χ1n) is 7.58. The van der Waals surface area contributed by atoms with Gasteiger partial charge in [-0.1, -0.05) is 20.8 Å². The van der Waals surface area contributed by atoms with Gasteiger partial charge in [0.1, 0.15) is 5.92 Å². The Balaban J connectivity index is 2.30. The van der Waals surface area contributed by atoms with Gasteiger partial charge < -0.3 is 5.32 Å². The molecule has 0 aromatic carbocycles. The Morgan fingerprint density at radius 3 is 2.14 bits per heavy atom. The second-order valence-corrected chi connectivity index (χ2v) is 6.75. The molecule has 2 rings (SSSR count). The molecule has 0 spiro atoms. The molecule has 0 aliphatic carbocycles. The number of hydrogen-bond donors (Lipinski definition) is 1. The highest BCUT2D eigenvalue weighted by Gasteiger charge is 2.51. The number of barbiturate groups is 1. The molecule has 0 radical (unpaired) electrons. The predicted octanol–water partition coefficient (Wildman–Crippen LogP) is 0.923. The fraction of sp³-hybridized carbons (Fsp3) is 0.800. The number of amides is 4. The average molecular weight is 295 g/mol. The Morgan fingerprint density at radius 1 is 1.14 bits per heavy atom. The molecule has 3 unspecified atom stereocenters. The van der Waals surface area contributed by atoms with Crippen molar-refractivity contribution < 1.29 is 14.4 Å². The smallest absolute Gasteiger partial charge is 0.313 e. The number of nitrogens with zero attached hydrogens (tertiary/aromatic N) is 2. The molecule has 6 heteroatoms. The number of rotatable bonds is 3. The van der Waals surface area contributed by atoms with E-state index in [0.717, 1.165) is 22.8 Å². The van der Waals surface area contributed by atoms with Crippen molar-refractivity contribution in [2.24, 2.45) is 23.7 Å². The van der Waals surface area contributed by atoms with Crippen LogP contribution in [0.25, 0.3) is 0 Å². The van der Waals surface area contributed by atoms with Crippen LogP contribution in [0.3, 0.4) is 0 Å². The molecule has 2 aliphatic heterocycles. The molecule has 2 heterocycles. The van der Waals surface area contributed by atoms with Crippen LogP contribution in [0, 0.1) is 23.7 Å². The molecule has 2 saturated heterocycles. The standard InChI is InChI=1S/C15H25N3O3/c1-8(2)6-10-11(9(3)7-16-10)12-13(19)17(4)15(21)18(5)14(12)20/h8-12,16H,6-7H2,1-5H3. The van der Waals surface area contributed by atoms with E-state index in [4.69, 9.17) is 0 Å². The molecule has 2 aliphatic rings. The molecule has 0 aromatic heterocycles. The van der Waals surface area contributed by atoms with E-state index in [-0.39, 0.29) is 29.7 Å². The molecule has 0 bridgehead atoms. The number of urea groups is 1. The summed E-state index contributed by atoms with van der Waals surface area (Å²) in [5, 5.41) is 3.44. The third kappa shape index (κ3) is 2.69. The van der Waals surface area contributed by atoms with Crippen LogP contribution >= 0.6 is 0 Å². The number of nitrogens with one attached hydrogen (secondary N) is 1. The number of hydrogen-bond acceptors (Lipinski definition) is 4. The van der Waals surface area contributed by atoms with Crippen molar-refractivity contribution in [2.75, 3.05) is 20.6 Å². The largest absolute Gasteiger partial charge is 0.332 e. The van der Waals surface area contributed by atoms with E-state index in [2.05, 4.69) is 26.1 Å². The highest BCUT2D eigenvalue weighted by molar-refractivity contribution is 6.16. The SMILES string of the molecule is CC(C)CC1NCC(C)C1C1C(=O)N(C)C(=O)N(C)C1=O. The predicted molar refractivity (Wildman–Crippen MR) is 78.3 cm³/mol. The third-order valence-electron chi connectivity index (χ3n) is 4.70. The lowest BCUT2D eigenvalue weighted by molar-refractivity contribution is -0.151. The molecule has 21 heavy (non-hydrogen) atoms. The molecule has 1 N–H and O–H groups in total. The zero-order chi connectivity index (χ0) is 15.9. The fourth-order valence-electron chi connectivity index (χ4n) is 3.58. The monoisotopic (exact) mass is 295 g/mol. The summed E-state index contributed by atoms with van der Waals surface area (Å²) in [4.78, 5) is 39.0. The minimum Gasteiger partial charge on any atom is -0.313 e. The van der Waals surface area contributed by atoms with Gasteiger partial charge in [-0.15, -0.1) is 0 Å². The Hall–Kier alpha value is -1.43. The molecule has 0 saturated carbocycles. The summed E-state index contributed by atoms with van der Waals surface area (Å²) < 4.78 is 0. The van der Waals surface area contributed by atoms with Crippen LogP contribution in [0.1, 0.15) is 27.2 Å². The van der Waals surface area contributed by atoms with Crippen molar-refractivity contribution in [2.45, 2.75) is 33.2 Å². The van der Waals surface area contributed by atoms with Crippen LogP contribution in [-0.4, -0.2) is 54.3 Å². The second kappa shape index (κ2) is 5.75. The molecular weight excluding hydrogens is 270 g/mol. The van der Waals surface area contributed by atoms with E-state index >= 15 is 0 Å². The van der Waals surface area contributed by atoms with Gasteiger partial charge in [-0.2, -0.15) is 0 Å². The van der Waals surface area contributed by atoms with E-state index in [1.807, 2.05) is 0 Å². The van der Waals surface area contributed by atoms with E-state index in [0.29, 0.717) is 5.92 Å². The third-order valence-corrected chi connectivity index (χ3v) is 4.70. The van der Waals surface area contributed by atoms with Gasteiger partial charge >= 0.3 is 6.03 Å². The van der Waals surface area contributed by atoms with Gasteiger partial charge in [-0.25, -0.2) is 4.79 Å². The van der Waals surface area contributed by atoms with Crippen LogP contribution in [0.4, 0.5) is 4.79 Å². The normalized spacial score (nSPS) is 31.7. The first kappa shape index (κ1) is 15.9. The molecule has 3 atom stereocenters. The second-order valence-electron chi connectivity index (χ2n) is 6.75. The summed E-state index contributed by atoms with van der Waals surface area (Å²) in [5.74, 6) is -0.797. The summed E-state index contributed by atoms with van der Waals surface area (Å²) in [6.07, 6.45) is 0.924. The summed E-state index contributed by atoms with van der Waals surface area (Å²) in [6.45, 7) is 7.14. The van der Waals surface area contributed by atoms with Crippen molar-refractivity contribution in [3.8, 4) is 0 Å². The quantitative estimate of drug-likeness (QED) is 0.786. The van der Waals surface area contributed by atoms with E-state index in [9.17, 15) is 14.4 Å². The molecule has 4 amide bonds. The van der Waals surface area contributed by atoms with Crippen molar-refractivity contribution in [1.82, 2.24) is 15.1 Å². The molecule has 0 aromatic rings. The number of carbonyl (C=O) groups is 3. The van der Waals surface area contributed by atoms with Gasteiger partial charge in [-0.05, 0) is 30.7 Å².